The molecule has 5 heteroatoms. The average molecular weight is 323 g/mol. The third-order valence-corrected chi connectivity index (χ3v) is 5.62. The highest BCUT2D eigenvalue weighted by molar-refractivity contribution is 7.11. The number of aromatic nitrogens is 1. The van der Waals surface area contributed by atoms with Gasteiger partial charge in [0.2, 0.25) is 0 Å². The Morgan fingerprint density at radius 3 is 2.59 bits per heavy atom. The summed E-state index contributed by atoms with van der Waals surface area (Å²) in [5.41, 5.74) is 1.16. The first-order valence-corrected chi connectivity index (χ1v) is 9.38. The highest BCUT2D eigenvalue weighted by Gasteiger charge is 2.14. The summed E-state index contributed by atoms with van der Waals surface area (Å²) in [6.45, 7) is 6.11. The second-order valence-corrected chi connectivity index (χ2v) is 7.51. The molecule has 1 saturated carbocycles. The summed E-state index contributed by atoms with van der Waals surface area (Å²) >= 11 is 1.80. The van der Waals surface area contributed by atoms with Crippen molar-refractivity contribution in [1.29, 1.82) is 0 Å². The van der Waals surface area contributed by atoms with Crippen molar-refractivity contribution in [3.63, 3.8) is 0 Å². The van der Waals surface area contributed by atoms with Crippen LogP contribution in [0.2, 0.25) is 0 Å². The topological polar surface area (TPSA) is 49.3 Å². The molecule has 0 aromatic carbocycles. The van der Waals surface area contributed by atoms with E-state index in [1.54, 1.807) is 11.3 Å². The van der Waals surface area contributed by atoms with Crippen molar-refractivity contribution in [3.8, 4) is 0 Å². The number of aliphatic imine (C=N–C) groups is 1. The molecule has 1 fully saturated rings. The summed E-state index contributed by atoms with van der Waals surface area (Å²) in [6, 6.07) is 0. The summed E-state index contributed by atoms with van der Waals surface area (Å²) in [5.74, 6) is 1.89. The molecule has 4 nitrogen and oxygen atoms in total. The van der Waals surface area contributed by atoms with Gasteiger partial charge in [0, 0.05) is 31.4 Å². The van der Waals surface area contributed by atoms with Crippen molar-refractivity contribution in [2.75, 3.05) is 20.1 Å². The zero-order valence-electron chi connectivity index (χ0n) is 14.2. The van der Waals surface area contributed by atoms with Gasteiger partial charge in [-0.05, 0) is 32.6 Å². The number of guanidine groups is 1. The van der Waals surface area contributed by atoms with Gasteiger partial charge in [-0.25, -0.2) is 4.98 Å². The summed E-state index contributed by atoms with van der Waals surface area (Å²) in [6.07, 6.45) is 9.34. The smallest absolute Gasteiger partial charge is 0.190 e. The SMILES string of the molecule is CN=C(NCCCC1CCCC1)NCCc1nc(C)c(C)s1. The molecule has 1 aliphatic rings. The van der Waals surface area contributed by atoms with E-state index in [9.17, 15) is 0 Å². The second kappa shape index (κ2) is 9.13. The molecule has 1 aliphatic carbocycles. The Kier molecular flexibility index (Phi) is 7.16. The van der Waals surface area contributed by atoms with Gasteiger partial charge in [0.25, 0.3) is 0 Å². The van der Waals surface area contributed by atoms with Gasteiger partial charge in [-0.15, -0.1) is 11.3 Å². The van der Waals surface area contributed by atoms with Crippen LogP contribution >= 0.6 is 11.3 Å². The molecular weight excluding hydrogens is 292 g/mol. The van der Waals surface area contributed by atoms with Crippen LogP contribution in [0.25, 0.3) is 0 Å². The van der Waals surface area contributed by atoms with Crippen molar-refractivity contribution in [3.05, 3.63) is 15.6 Å². The fourth-order valence-corrected chi connectivity index (χ4v) is 3.98. The van der Waals surface area contributed by atoms with Crippen molar-refractivity contribution in [1.82, 2.24) is 15.6 Å². The van der Waals surface area contributed by atoms with E-state index in [1.807, 2.05) is 7.05 Å². The lowest BCUT2D eigenvalue weighted by Crippen LogP contribution is -2.38. The van der Waals surface area contributed by atoms with Gasteiger partial charge in [0.15, 0.2) is 5.96 Å². The van der Waals surface area contributed by atoms with E-state index in [0.717, 1.165) is 37.1 Å². The number of hydrogen-bond donors (Lipinski definition) is 2. The van der Waals surface area contributed by atoms with Crippen LogP contribution < -0.4 is 10.6 Å². The quantitative estimate of drug-likeness (QED) is 0.459. The summed E-state index contributed by atoms with van der Waals surface area (Å²) in [4.78, 5) is 10.2. The van der Waals surface area contributed by atoms with E-state index in [1.165, 1.54) is 48.4 Å². The molecule has 0 atom stereocenters. The van der Waals surface area contributed by atoms with Gasteiger partial charge in [0.05, 0.1) is 10.7 Å². The molecule has 22 heavy (non-hydrogen) atoms. The first kappa shape index (κ1) is 17.3. The van der Waals surface area contributed by atoms with E-state index in [0.29, 0.717) is 0 Å². The Hall–Kier alpha value is -1.10. The summed E-state index contributed by atoms with van der Waals surface area (Å²) < 4.78 is 0. The molecule has 1 aromatic heterocycles. The minimum Gasteiger partial charge on any atom is -0.356 e. The largest absolute Gasteiger partial charge is 0.356 e. The molecule has 0 amide bonds. The molecule has 0 spiro atoms. The minimum atomic E-state index is 0.884. The van der Waals surface area contributed by atoms with Crippen molar-refractivity contribution in [2.24, 2.45) is 10.9 Å². The zero-order chi connectivity index (χ0) is 15.8. The predicted octanol–water partition coefficient (Wildman–Crippen LogP) is 3.44. The lowest BCUT2D eigenvalue weighted by Gasteiger charge is -2.13. The van der Waals surface area contributed by atoms with Crippen LogP contribution in [0.1, 0.15) is 54.1 Å². The number of aryl methyl sites for hydroxylation is 2. The van der Waals surface area contributed by atoms with Gasteiger partial charge in [-0.3, -0.25) is 4.99 Å². The lowest BCUT2D eigenvalue weighted by molar-refractivity contribution is 0.481. The molecule has 1 heterocycles. The van der Waals surface area contributed by atoms with Crippen LogP contribution in [0.5, 0.6) is 0 Å². The molecule has 0 aliphatic heterocycles. The Balaban J connectivity index is 1.58. The van der Waals surface area contributed by atoms with Gasteiger partial charge in [-0.1, -0.05) is 25.7 Å². The fraction of sp³-hybridized carbons (Fsp3) is 0.765. The second-order valence-electron chi connectivity index (χ2n) is 6.22. The van der Waals surface area contributed by atoms with Gasteiger partial charge >= 0.3 is 0 Å². The van der Waals surface area contributed by atoms with Crippen LogP contribution in [0.3, 0.4) is 0 Å². The molecule has 0 bridgehead atoms. The number of nitrogens with zero attached hydrogens (tertiary/aromatic N) is 2. The van der Waals surface area contributed by atoms with E-state index in [2.05, 4.69) is 34.5 Å². The summed E-state index contributed by atoms with van der Waals surface area (Å²) in [5, 5.41) is 8.01. The predicted molar refractivity (Wildman–Crippen MR) is 95.8 cm³/mol. The molecule has 0 saturated heterocycles. The monoisotopic (exact) mass is 322 g/mol. The van der Waals surface area contributed by atoms with Crippen LogP contribution in [0.15, 0.2) is 4.99 Å². The third-order valence-electron chi connectivity index (χ3n) is 4.48. The first-order chi connectivity index (χ1) is 10.7. The molecule has 2 rings (SSSR count). The van der Waals surface area contributed by atoms with E-state index in [4.69, 9.17) is 0 Å². The minimum absolute atomic E-state index is 0.884. The van der Waals surface area contributed by atoms with E-state index in [-0.39, 0.29) is 0 Å². The maximum Gasteiger partial charge on any atom is 0.190 e. The van der Waals surface area contributed by atoms with Crippen molar-refractivity contribution < 1.29 is 0 Å². The number of rotatable bonds is 7. The standard InChI is InChI=1S/C17H30N4S/c1-13-14(2)22-16(21-13)10-12-20-17(18-3)19-11-6-9-15-7-4-5-8-15/h15H,4-12H2,1-3H3,(H2,18,19,20). The van der Waals surface area contributed by atoms with Gasteiger partial charge in [-0.2, -0.15) is 0 Å². The van der Waals surface area contributed by atoms with Crippen LogP contribution in [0, 0.1) is 19.8 Å². The Labute approximate surface area is 138 Å². The Morgan fingerprint density at radius 2 is 1.95 bits per heavy atom. The number of thiazole rings is 1. The molecule has 2 N–H and O–H groups in total. The molecular formula is C17H30N4S. The van der Waals surface area contributed by atoms with Crippen LogP contribution in [-0.2, 0) is 6.42 Å². The average Bonchev–Trinajstić information content (AvgIpc) is 3.12. The van der Waals surface area contributed by atoms with Crippen molar-refractivity contribution in [2.45, 2.75) is 58.8 Å². The van der Waals surface area contributed by atoms with Gasteiger partial charge in [0.1, 0.15) is 0 Å². The maximum atomic E-state index is 4.57. The number of hydrogen-bond acceptors (Lipinski definition) is 3. The Bertz CT molecular complexity index is 456. The molecule has 0 radical (unpaired) electrons. The maximum absolute atomic E-state index is 4.57. The van der Waals surface area contributed by atoms with Gasteiger partial charge < -0.3 is 10.6 Å². The zero-order valence-corrected chi connectivity index (χ0v) is 15.1. The molecule has 0 unspecified atom stereocenters. The van der Waals surface area contributed by atoms with Crippen LogP contribution in [-0.4, -0.2) is 31.1 Å². The third kappa shape index (κ3) is 5.59. The van der Waals surface area contributed by atoms with E-state index >= 15 is 0 Å². The summed E-state index contributed by atoms with van der Waals surface area (Å²) in [7, 11) is 1.84. The first-order valence-electron chi connectivity index (χ1n) is 8.56. The number of nitrogens with one attached hydrogen (secondary N) is 2. The lowest BCUT2D eigenvalue weighted by atomic mass is 10.0. The highest BCUT2D eigenvalue weighted by atomic mass is 32.1. The molecule has 1 aromatic rings. The normalized spacial score (nSPS) is 16.2. The van der Waals surface area contributed by atoms with Crippen molar-refractivity contribution >= 4 is 17.3 Å². The molecule has 124 valence electrons. The fourth-order valence-electron chi connectivity index (χ4n) is 3.05. The van der Waals surface area contributed by atoms with Crippen LogP contribution in [0.4, 0.5) is 0 Å². The Morgan fingerprint density at radius 1 is 1.23 bits per heavy atom. The van der Waals surface area contributed by atoms with E-state index < -0.39 is 0 Å². The highest BCUT2D eigenvalue weighted by Crippen LogP contribution is 2.28.